The first-order valence-corrected chi connectivity index (χ1v) is 9.82. The molecule has 1 aliphatic rings. The smallest absolute Gasteiger partial charge is 0.250 e. The van der Waals surface area contributed by atoms with Gasteiger partial charge in [0.1, 0.15) is 18.0 Å². The molecule has 140 valence electrons. The van der Waals surface area contributed by atoms with Crippen LogP contribution in [0.25, 0.3) is 11.1 Å². The lowest BCUT2D eigenvalue weighted by atomic mass is 9.83. The van der Waals surface area contributed by atoms with Crippen molar-refractivity contribution in [3.8, 4) is 17.2 Å². The Morgan fingerprint density at radius 1 is 1.25 bits per heavy atom. The maximum atomic E-state index is 14.0. The summed E-state index contributed by atoms with van der Waals surface area (Å²) in [5.74, 6) is -0.676. The third-order valence-corrected chi connectivity index (χ3v) is 5.71. The van der Waals surface area contributed by atoms with Crippen LogP contribution >= 0.6 is 11.3 Å². The molecule has 0 radical (unpaired) electrons. The molecule has 6 heteroatoms. The molecule has 1 amide bonds. The van der Waals surface area contributed by atoms with Gasteiger partial charge in [0.05, 0.1) is 11.6 Å². The van der Waals surface area contributed by atoms with Gasteiger partial charge in [-0.15, -0.1) is 0 Å². The van der Waals surface area contributed by atoms with Crippen LogP contribution in [0.1, 0.15) is 30.0 Å². The zero-order chi connectivity index (χ0) is 19.7. The van der Waals surface area contributed by atoms with E-state index in [1.54, 1.807) is 17.4 Å². The summed E-state index contributed by atoms with van der Waals surface area (Å²) in [6, 6.07) is 13.8. The molecule has 4 nitrogen and oxygen atoms in total. The number of nitrogens with one attached hydrogen (secondary N) is 1. The van der Waals surface area contributed by atoms with Crippen LogP contribution in [0.3, 0.4) is 0 Å². The molecule has 2 aromatic carbocycles. The van der Waals surface area contributed by atoms with Gasteiger partial charge in [-0.25, -0.2) is 4.39 Å². The number of thiophene rings is 1. The van der Waals surface area contributed by atoms with Gasteiger partial charge < -0.3 is 10.1 Å². The van der Waals surface area contributed by atoms with Gasteiger partial charge in [0.15, 0.2) is 0 Å². The summed E-state index contributed by atoms with van der Waals surface area (Å²) >= 11 is 1.57. The van der Waals surface area contributed by atoms with E-state index in [0.29, 0.717) is 17.7 Å². The number of hydrogen-bond acceptors (Lipinski definition) is 4. The lowest BCUT2D eigenvalue weighted by Crippen LogP contribution is -2.30. The maximum absolute atomic E-state index is 14.0. The van der Waals surface area contributed by atoms with E-state index in [2.05, 4.69) is 5.32 Å². The minimum Gasteiger partial charge on any atom is -0.356 e. The number of benzene rings is 2. The standard InChI is InChI=1S/C22H17FN2O2S/c1-2-22(17-5-6-28-13-17)19-10-15(3-4-20(19)25-21(26)12-27-22)16-7-14(11-24)8-18(23)9-16/h3-10,13H,2,12H2,1H3,(H,25,26). The lowest BCUT2D eigenvalue weighted by molar-refractivity contribution is -0.125. The highest BCUT2D eigenvalue weighted by Gasteiger charge is 2.39. The van der Waals surface area contributed by atoms with Crippen molar-refractivity contribution in [2.75, 3.05) is 11.9 Å². The molecule has 0 spiro atoms. The highest BCUT2D eigenvalue weighted by Crippen LogP contribution is 2.44. The van der Waals surface area contributed by atoms with Crippen LogP contribution in [0, 0.1) is 17.1 Å². The van der Waals surface area contributed by atoms with Crippen LogP contribution in [-0.2, 0) is 15.1 Å². The van der Waals surface area contributed by atoms with Crippen molar-refractivity contribution in [1.82, 2.24) is 0 Å². The molecule has 0 saturated heterocycles. The Balaban J connectivity index is 1.94. The Morgan fingerprint density at radius 2 is 2.11 bits per heavy atom. The summed E-state index contributed by atoms with van der Waals surface area (Å²) < 4.78 is 20.1. The zero-order valence-electron chi connectivity index (χ0n) is 15.2. The first kappa shape index (κ1) is 18.4. The molecule has 0 fully saturated rings. The average Bonchev–Trinajstić information content (AvgIpc) is 3.20. The Bertz CT molecular complexity index is 1090. The van der Waals surface area contributed by atoms with E-state index in [4.69, 9.17) is 10.00 Å². The summed E-state index contributed by atoms with van der Waals surface area (Å²) in [5, 5.41) is 16.1. The fraction of sp³-hybridized carbons (Fsp3) is 0.182. The molecule has 0 bridgehead atoms. The van der Waals surface area contributed by atoms with Crippen molar-refractivity contribution in [1.29, 1.82) is 5.26 Å². The number of nitrogens with zero attached hydrogens (tertiary/aromatic N) is 1. The molecule has 28 heavy (non-hydrogen) atoms. The maximum Gasteiger partial charge on any atom is 0.250 e. The second-order valence-electron chi connectivity index (χ2n) is 6.63. The van der Waals surface area contributed by atoms with Crippen LogP contribution in [0.4, 0.5) is 10.1 Å². The summed E-state index contributed by atoms with van der Waals surface area (Å²) in [6.45, 7) is 1.96. The van der Waals surface area contributed by atoms with Crippen molar-refractivity contribution in [3.05, 3.63) is 75.7 Å². The fourth-order valence-electron chi connectivity index (χ4n) is 3.67. The van der Waals surface area contributed by atoms with E-state index in [0.717, 1.165) is 16.7 Å². The van der Waals surface area contributed by atoms with Crippen molar-refractivity contribution in [3.63, 3.8) is 0 Å². The Labute approximate surface area is 166 Å². The number of hydrogen-bond donors (Lipinski definition) is 1. The first-order chi connectivity index (χ1) is 13.6. The molecule has 0 saturated carbocycles. The number of halogens is 1. The number of amides is 1. The fourth-order valence-corrected chi connectivity index (χ4v) is 4.39. The van der Waals surface area contributed by atoms with Crippen LogP contribution in [-0.4, -0.2) is 12.5 Å². The van der Waals surface area contributed by atoms with Gasteiger partial charge in [-0.1, -0.05) is 13.0 Å². The predicted molar refractivity (Wildman–Crippen MR) is 107 cm³/mol. The van der Waals surface area contributed by atoms with Gasteiger partial charge in [0.2, 0.25) is 5.91 Å². The van der Waals surface area contributed by atoms with E-state index < -0.39 is 11.4 Å². The summed E-state index contributed by atoms with van der Waals surface area (Å²) in [5.41, 5.74) is 3.31. The van der Waals surface area contributed by atoms with Crippen LogP contribution in [0.2, 0.25) is 0 Å². The first-order valence-electron chi connectivity index (χ1n) is 8.88. The Morgan fingerprint density at radius 3 is 2.82 bits per heavy atom. The quantitative estimate of drug-likeness (QED) is 0.679. The molecule has 0 aliphatic carbocycles. The van der Waals surface area contributed by atoms with E-state index in [-0.39, 0.29) is 18.1 Å². The normalized spacial score (nSPS) is 18.7. The van der Waals surface area contributed by atoms with Crippen LogP contribution in [0.5, 0.6) is 0 Å². The van der Waals surface area contributed by atoms with Gasteiger partial charge >= 0.3 is 0 Å². The molecule has 2 heterocycles. The number of carbonyl (C=O) groups is 1. The van der Waals surface area contributed by atoms with E-state index in [1.807, 2.05) is 48.0 Å². The number of carbonyl (C=O) groups excluding carboxylic acids is 1. The van der Waals surface area contributed by atoms with Gasteiger partial charge in [-0.05, 0) is 70.3 Å². The minimum absolute atomic E-state index is 0.0494. The number of anilines is 1. The van der Waals surface area contributed by atoms with Gasteiger partial charge in [-0.3, -0.25) is 4.79 Å². The average molecular weight is 392 g/mol. The number of fused-ring (bicyclic) bond motifs is 1. The van der Waals surface area contributed by atoms with E-state index in [1.165, 1.54) is 12.1 Å². The molecule has 3 aromatic rings. The summed E-state index contributed by atoms with van der Waals surface area (Å²) in [6.07, 6.45) is 0.627. The lowest BCUT2D eigenvalue weighted by Gasteiger charge is -2.32. The second-order valence-corrected chi connectivity index (χ2v) is 7.41. The largest absolute Gasteiger partial charge is 0.356 e. The molecular formula is C22H17FN2O2S. The monoisotopic (exact) mass is 392 g/mol. The van der Waals surface area contributed by atoms with Crippen molar-refractivity contribution >= 4 is 22.9 Å². The summed E-state index contributed by atoms with van der Waals surface area (Å²) in [7, 11) is 0. The molecule has 1 aromatic heterocycles. The van der Waals surface area contributed by atoms with Crippen molar-refractivity contribution in [2.24, 2.45) is 0 Å². The Hall–Kier alpha value is -3.01. The van der Waals surface area contributed by atoms with E-state index in [9.17, 15) is 9.18 Å². The molecular weight excluding hydrogens is 375 g/mol. The number of rotatable bonds is 3. The van der Waals surface area contributed by atoms with Crippen molar-refractivity contribution in [2.45, 2.75) is 18.9 Å². The molecule has 1 N–H and O–H groups in total. The Kier molecular flexibility index (Phi) is 4.71. The molecule has 1 aliphatic heterocycles. The van der Waals surface area contributed by atoms with Crippen molar-refractivity contribution < 1.29 is 13.9 Å². The number of nitriles is 1. The van der Waals surface area contributed by atoms with Crippen LogP contribution in [0.15, 0.2) is 53.2 Å². The minimum atomic E-state index is -0.782. The topological polar surface area (TPSA) is 62.1 Å². The van der Waals surface area contributed by atoms with Gasteiger partial charge in [0, 0.05) is 11.3 Å². The summed E-state index contributed by atoms with van der Waals surface area (Å²) in [4.78, 5) is 12.2. The highest BCUT2D eigenvalue weighted by molar-refractivity contribution is 7.08. The molecule has 1 atom stereocenters. The number of ether oxygens (including phenoxy) is 1. The van der Waals surface area contributed by atoms with Gasteiger partial charge in [-0.2, -0.15) is 16.6 Å². The third kappa shape index (κ3) is 3.09. The molecule has 4 rings (SSSR count). The van der Waals surface area contributed by atoms with E-state index >= 15 is 0 Å². The highest BCUT2D eigenvalue weighted by atomic mass is 32.1. The predicted octanol–water partition coefficient (Wildman–Crippen LogP) is 5.05. The zero-order valence-corrected chi connectivity index (χ0v) is 16.0. The second kappa shape index (κ2) is 7.19. The van der Waals surface area contributed by atoms with Gasteiger partial charge in [0.25, 0.3) is 0 Å². The third-order valence-electron chi connectivity index (χ3n) is 5.02. The molecule has 1 unspecified atom stereocenters. The SMILES string of the molecule is CCC1(c2ccsc2)OCC(=O)Nc2ccc(-c3cc(F)cc(C#N)c3)cc21. The van der Waals surface area contributed by atoms with Crippen LogP contribution < -0.4 is 5.32 Å².